The van der Waals surface area contributed by atoms with E-state index in [1.807, 2.05) is 9.80 Å². The topological polar surface area (TPSA) is 139 Å². The highest BCUT2D eigenvalue weighted by Gasteiger charge is 2.20. The van der Waals surface area contributed by atoms with Gasteiger partial charge < -0.3 is 10.2 Å². The molecule has 1 rings (SSSR count). The molecule has 0 atom stereocenters. The normalized spacial score (nSPS) is 19.3. The van der Waals surface area contributed by atoms with Crippen LogP contribution >= 0.6 is 0 Å². The van der Waals surface area contributed by atoms with E-state index in [1.54, 1.807) is 9.80 Å². The lowest BCUT2D eigenvalue weighted by Gasteiger charge is -2.33. The van der Waals surface area contributed by atoms with Crippen LogP contribution in [0.4, 0.5) is 0 Å². The number of carboxylic acids is 2. The van der Waals surface area contributed by atoms with Gasteiger partial charge in [-0.15, -0.1) is 0 Å². The maximum absolute atomic E-state index is 11.8. The van der Waals surface area contributed by atoms with Gasteiger partial charge in [0.05, 0.1) is 25.4 Å². The largest absolute Gasteiger partial charge is 0.480 e. The maximum Gasteiger partial charge on any atom is 0.317 e. The van der Waals surface area contributed by atoms with Gasteiger partial charge in [-0.05, 0) is 6.92 Å². The molecular formula is C19H34N4O7S. The molecule has 0 saturated carbocycles. The van der Waals surface area contributed by atoms with Gasteiger partial charge in [0.2, 0.25) is 0 Å². The first-order chi connectivity index (χ1) is 14.5. The Kier molecular flexibility index (Phi) is 11.9. The minimum Gasteiger partial charge on any atom is -0.480 e. The number of ketones is 1. The summed E-state index contributed by atoms with van der Waals surface area (Å²) in [6.07, 6.45) is 0. The first-order valence-electron chi connectivity index (χ1n) is 10.2. The van der Waals surface area contributed by atoms with Crippen molar-refractivity contribution in [3.05, 3.63) is 12.0 Å². The molecule has 178 valence electrons. The zero-order valence-electron chi connectivity index (χ0n) is 18.1. The third-order valence-electron chi connectivity index (χ3n) is 5.04. The summed E-state index contributed by atoms with van der Waals surface area (Å²) in [4.78, 5) is 41.4. The van der Waals surface area contributed by atoms with Crippen LogP contribution in [0, 0.1) is 0 Å². The van der Waals surface area contributed by atoms with Crippen LogP contribution in [0.5, 0.6) is 0 Å². The van der Waals surface area contributed by atoms with E-state index in [0.717, 1.165) is 5.41 Å². The van der Waals surface area contributed by atoms with Gasteiger partial charge in [0.1, 0.15) is 5.78 Å². The van der Waals surface area contributed by atoms with Gasteiger partial charge in [-0.3, -0.25) is 34.0 Å². The van der Waals surface area contributed by atoms with E-state index in [-0.39, 0.29) is 37.7 Å². The molecule has 1 aliphatic heterocycles. The van der Waals surface area contributed by atoms with E-state index in [2.05, 4.69) is 6.58 Å². The van der Waals surface area contributed by atoms with Crippen molar-refractivity contribution in [3.63, 3.8) is 0 Å². The van der Waals surface area contributed by atoms with Crippen LogP contribution in [-0.4, -0.2) is 140 Å². The Morgan fingerprint density at radius 3 is 1.45 bits per heavy atom. The second-order valence-electron chi connectivity index (χ2n) is 7.69. The van der Waals surface area contributed by atoms with E-state index in [0.29, 0.717) is 52.4 Å². The lowest BCUT2D eigenvalue weighted by Crippen LogP contribution is -2.48. The molecule has 0 unspecified atom stereocenters. The summed E-state index contributed by atoms with van der Waals surface area (Å²) in [7, 11) is -3.37. The zero-order chi connectivity index (χ0) is 23.4. The average Bonchev–Trinajstić information content (AvgIpc) is 2.66. The molecule has 0 aromatic heterocycles. The predicted molar refractivity (Wildman–Crippen MR) is 116 cm³/mol. The number of carbonyl (C=O) groups is 3. The summed E-state index contributed by atoms with van der Waals surface area (Å²) < 4.78 is 23.6. The lowest BCUT2D eigenvalue weighted by molar-refractivity contribution is -0.140. The molecule has 11 nitrogen and oxygen atoms in total. The quantitative estimate of drug-likeness (QED) is 0.393. The number of nitrogens with zero attached hydrogens (tertiary/aromatic N) is 4. The van der Waals surface area contributed by atoms with E-state index in [1.165, 1.54) is 6.92 Å². The van der Waals surface area contributed by atoms with Crippen molar-refractivity contribution in [1.82, 2.24) is 19.6 Å². The highest BCUT2D eigenvalue weighted by Crippen LogP contribution is 2.03. The number of Topliss-reactive ketones (excluding diaryl/α,β-unsaturated/α-hetero) is 1. The van der Waals surface area contributed by atoms with Crippen LogP contribution in [0.15, 0.2) is 12.0 Å². The van der Waals surface area contributed by atoms with Crippen LogP contribution in [0.2, 0.25) is 0 Å². The van der Waals surface area contributed by atoms with Gasteiger partial charge in [0.15, 0.2) is 9.84 Å². The van der Waals surface area contributed by atoms with Crippen LogP contribution in [-0.2, 0) is 24.2 Å². The number of aliphatic carboxylic acids is 2. The summed E-state index contributed by atoms with van der Waals surface area (Å²) in [6, 6.07) is 0. The fourth-order valence-electron chi connectivity index (χ4n) is 3.31. The Labute approximate surface area is 183 Å². The highest BCUT2D eigenvalue weighted by atomic mass is 32.2. The first kappa shape index (κ1) is 27.2. The monoisotopic (exact) mass is 462 g/mol. The Balaban J connectivity index is 2.96. The van der Waals surface area contributed by atoms with Gasteiger partial charge in [-0.2, -0.15) is 0 Å². The summed E-state index contributed by atoms with van der Waals surface area (Å²) >= 11 is 0. The average molecular weight is 463 g/mol. The van der Waals surface area contributed by atoms with Crippen molar-refractivity contribution in [2.24, 2.45) is 0 Å². The molecule has 31 heavy (non-hydrogen) atoms. The molecule has 0 aliphatic carbocycles. The first-order valence-corrected chi connectivity index (χ1v) is 11.9. The Bertz CT molecular complexity index is 697. The maximum atomic E-state index is 11.8. The Hall–Kier alpha value is -1.86. The fourth-order valence-corrected chi connectivity index (χ4v) is 3.99. The molecule has 2 N–H and O–H groups in total. The molecule has 1 heterocycles. The molecule has 0 aromatic rings. The molecule has 12 heteroatoms. The number of hydrogen-bond acceptors (Lipinski definition) is 9. The van der Waals surface area contributed by atoms with Crippen LogP contribution < -0.4 is 0 Å². The second-order valence-corrected chi connectivity index (χ2v) is 9.76. The molecule has 0 spiro atoms. The second kappa shape index (κ2) is 13.5. The molecule has 0 aromatic carbocycles. The molecule has 0 bridgehead atoms. The molecule has 0 radical (unpaired) electrons. The van der Waals surface area contributed by atoms with Crippen molar-refractivity contribution in [1.29, 1.82) is 0 Å². The molecule has 1 fully saturated rings. The smallest absolute Gasteiger partial charge is 0.317 e. The molecular weight excluding hydrogens is 428 g/mol. The van der Waals surface area contributed by atoms with E-state index >= 15 is 0 Å². The van der Waals surface area contributed by atoms with Crippen LogP contribution in [0.25, 0.3) is 0 Å². The Morgan fingerprint density at radius 2 is 1.13 bits per heavy atom. The minimum absolute atomic E-state index is 0.00898. The third-order valence-corrected chi connectivity index (χ3v) is 6.30. The Morgan fingerprint density at radius 1 is 0.774 bits per heavy atom. The minimum atomic E-state index is -3.37. The molecule has 1 saturated heterocycles. The lowest BCUT2D eigenvalue weighted by atomic mass is 10.3. The highest BCUT2D eigenvalue weighted by molar-refractivity contribution is 7.94. The number of carboxylic acid groups (broad SMARTS) is 2. The summed E-state index contributed by atoms with van der Waals surface area (Å²) in [5.41, 5.74) is 0. The fraction of sp³-hybridized carbons (Fsp3) is 0.737. The van der Waals surface area contributed by atoms with Crippen LogP contribution in [0.3, 0.4) is 0 Å². The van der Waals surface area contributed by atoms with Crippen LogP contribution in [0.1, 0.15) is 6.92 Å². The summed E-state index contributed by atoms with van der Waals surface area (Å²) in [5, 5.41) is 19.3. The van der Waals surface area contributed by atoms with E-state index in [4.69, 9.17) is 0 Å². The van der Waals surface area contributed by atoms with Gasteiger partial charge in [0.25, 0.3) is 0 Å². The number of carbonyl (C=O) groups excluding carboxylic acids is 1. The zero-order valence-corrected chi connectivity index (χ0v) is 18.9. The SMILES string of the molecule is C=CS(=O)(=O)CCN1CCN(CC(C)=O)CCN(CC(=O)O)CCN(CC(=O)O)CC1. The molecule has 1 aliphatic rings. The van der Waals surface area contributed by atoms with Gasteiger partial charge in [-0.25, -0.2) is 8.42 Å². The number of hydrogen-bond donors (Lipinski definition) is 2. The van der Waals surface area contributed by atoms with Crippen molar-refractivity contribution >= 4 is 27.6 Å². The van der Waals surface area contributed by atoms with Crippen molar-refractivity contribution in [2.75, 3.05) is 84.3 Å². The van der Waals surface area contributed by atoms with Crippen molar-refractivity contribution < 1.29 is 33.0 Å². The standard InChI is InChI=1S/C19H34N4O7S/c1-3-31(29,30)13-12-20-4-6-21(14-17(2)24)8-9-23(16-19(27)28)11-10-22(7-5-20)15-18(25)26/h3H,1,4-16H2,2H3,(H,25,26)(H,27,28). The van der Waals surface area contributed by atoms with E-state index < -0.39 is 21.8 Å². The van der Waals surface area contributed by atoms with Gasteiger partial charge in [0, 0.05) is 64.3 Å². The number of rotatable bonds is 10. The van der Waals surface area contributed by atoms with Gasteiger partial charge >= 0.3 is 11.9 Å². The summed E-state index contributed by atoms with van der Waals surface area (Å²) in [6.45, 7) is 8.46. The van der Waals surface area contributed by atoms with E-state index in [9.17, 15) is 33.0 Å². The van der Waals surface area contributed by atoms with Gasteiger partial charge in [-0.1, -0.05) is 6.58 Å². The predicted octanol–water partition coefficient (Wildman–Crippen LogP) is -1.48. The number of sulfone groups is 1. The molecule has 0 amide bonds. The summed E-state index contributed by atoms with van der Waals surface area (Å²) in [5.74, 6) is -2.05. The van der Waals surface area contributed by atoms with Crippen molar-refractivity contribution in [2.45, 2.75) is 6.92 Å². The van der Waals surface area contributed by atoms with Crippen molar-refractivity contribution in [3.8, 4) is 0 Å². The third kappa shape index (κ3) is 12.6.